The standard InChI is InChI=1S/C14H22F3N3O/c1-9(2)13-19-8-12(21-6-5-14(15,16)17)11(20-13)7-18-10(3)4/h8-10,18H,5-7H2,1-4H3. The lowest BCUT2D eigenvalue weighted by Crippen LogP contribution is -2.23. The summed E-state index contributed by atoms with van der Waals surface area (Å²) in [6.45, 7) is 7.88. The predicted octanol–water partition coefficient (Wildman–Crippen LogP) is 3.43. The fourth-order valence-corrected chi connectivity index (χ4v) is 1.52. The predicted molar refractivity (Wildman–Crippen MR) is 74.3 cm³/mol. The molecule has 1 aromatic rings. The SMILES string of the molecule is CC(C)NCc1nc(C(C)C)ncc1OCCC(F)(F)F. The van der Waals surface area contributed by atoms with Crippen molar-refractivity contribution in [1.29, 1.82) is 0 Å². The third-order valence-electron chi connectivity index (χ3n) is 2.69. The molecule has 4 nitrogen and oxygen atoms in total. The van der Waals surface area contributed by atoms with E-state index in [-0.39, 0.29) is 12.0 Å². The summed E-state index contributed by atoms with van der Waals surface area (Å²) in [6, 6.07) is 0.241. The summed E-state index contributed by atoms with van der Waals surface area (Å²) in [4.78, 5) is 8.52. The fourth-order valence-electron chi connectivity index (χ4n) is 1.52. The Bertz CT molecular complexity index is 448. The topological polar surface area (TPSA) is 47.0 Å². The number of nitrogens with zero attached hydrogens (tertiary/aromatic N) is 2. The molecule has 0 aromatic carbocycles. The lowest BCUT2D eigenvalue weighted by atomic mass is 10.2. The van der Waals surface area contributed by atoms with Crippen molar-refractivity contribution < 1.29 is 17.9 Å². The maximum absolute atomic E-state index is 12.2. The number of alkyl halides is 3. The van der Waals surface area contributed by atoms with Gasteiger partial charge in [0.2, 0.25) is 0 Å². The Hall–Kier alpha value is -1.37. The first-order valence-electron chi connectivity index (χ1n) is 6.97. The second-order valence-corrected chi connectivity index (χ2v) is 5.44. The van der Waals surface area contributed by atoms with Gasteiger partial charge in [0.1, 0.15) is 5.82 Å². The van der Waals surface area contributed by atoms with Gasteiger partial charge in [-0.3, -0.25) is 0 Å². The van der Waals surface area contributed by atoms with Crippen molar-refractivity contribution in [2.45, 2.75) is 58.8 Å². The van der Waals surface area contributed by atoms with Crippen LogP contribution < -0.4 is 10.1 Å². The Kier molecular flexibility index (Phi) is 6.39. The maximum atomic E-state index is 12.2. The van der Waals surface area contributed by atoms with E-state index in [0.717, 1.165) is 0 Å². The zero-order valence-corrected chi connectivity index (χ0v) is 12.8. The molecule has 1 N–H and O–H groups in total. The number of rotatable bonds is 7. The Balaban J connectivity index is 2.80. The van der Waals surface area contributed by atoms with Gasteiger partial charge in [0, 0.05) is 18.5 Å². The third-order valence-corrected chi connectivity index (χ3v) is 2.69. The Labute approximate surface area is 123 Å². The van der Waals surface area contributed by atoms with Crippen molar-refractivity contribution >= 4 is 0 Å². The molecule has 0 amide bonds. The van der Waals surface area contributed by atoms with Crippen LogP contribution in [0, 0.1) is 0 Å². The number of hydrogen-bond donors (Lipinski definition) is 1. The smallest absolute Gasteiger partial charge is 0.392 e. The van der Waals surface area contributed by atoms with Gasteiger partial charge in [-0.05, 0) is 0 Å². The normalized spacial score (nSPS) is 12.2. The minimum absolute atomic E-state index is 0.145. The molecular formula is C14H22F3N3O. The van der Waals surface area contributed by atoms with Crippen molar-refractivity contribution in [1.82, 2.24) is 15.3 Å². The Morgan fingerprint density at radius 1 is 1.24 bits per heavy atom. The van der Waals surface area contributed by atoms with Crippen LogP contribution in [0.5, 0.6) is 5.75 Å². The van der Waals surface area contributed by atoms with Crippen molar-refractivity contribution in [2.75, 3.05) is 6.61 Å². The monoisotopic (exact) mass is 305 g/mol. The van der Waals surface area contributed by atoms with E-state index in [0.29, 0.717) is 23.8 Å². The van der Waals surface area contributed by atoms with Crippen LogP contribution in [0.1, 0.15) is 51.6 Å². The molecule has 1 heterocycles. The van der Waals surface area contributed by atoms with Crippen LogP contribution in [0.15, 0.2) is 6.20 Å². The van der Waals surface area contributed by atoms with Crippen LogP contribution in [0.4, 0.5) is 13.2 Å². The van der Waals surface area contributed by atoms with E-state index >= 15 is 0 Å². The zero-order chi connectivity index (χ0) is 16.0. The molecule has 21 heavy (non-hydrogen) atoms. The highest BCUT2D eigenvalue weighted by molar-refractivity contribution is 5.25. The lowest BCUT2D eigenvalue weighted by molar-refractivity contribution is -0.139. The number of hydrogen-bond acceptors (Lipinski definition) is 4. The van der Waals surface area contributed by atoms with E-state index in [1.165, 1.54) is 6.20 Å². The Morgan fingerprint density at radius 3 is 2.43 bits per heavy atom. The minimum atomic E-state index is -4.23. The van der Waals surface area contributed by atoms with Gasteiger partial charge in [-0.25, -0.2) is 9.97 Å². The van der Waals surface area contributed by atoms with Crippen LogP contribution in [0.2, 0.25) is 0 Å². The summed E-state index contributed by atoms with van der Waals surface area (Å²) in [5.74, 6) is 1.10. The number of nitrogens with one attached hydrogen (secondary N) is 1. The molecule has 0 aliphatic heterocycles. The molecule has 0 spiro atoms. The first-order valence-corrected chi connectivity index (χ1v) is 6.97. The minimum Gasteiger partial charge on any atom is -0.490 e. The summed E-state index contributed by atoms with van der Waals surface area (Å²) >= 11 is 0. The molecule has 0 aliphatic carbocycles. The van der Waals surface area contributed by atoms with Gasteiger partial charge < -0.3 is 10.1 Å². The van der Waals surface area contributed by atoms with E-state index in [1.54, 1.807) is 0 Å². The molecule has 0 atom stereocenters. The van der Waals surface area contributed by atoms with Gasteiger partial charge in [-0.1, -0.05) is 27.7 Å². The van der Waals surface area contributed by atoms with E-state index < -0.39 is 19.2 Å². The fraction of sp³-hybridized carbons (Fsp3) is 0.714. The summed E-state index contributed by atoms with van der Waals surface area (Å²) < 4.78 is 41.7. The first-order chi connectivity index (χ1) is 9.69. The highest BCUT2D eigenvalue weighted by Crippen LogP contribution is 2.22. The summed E-state index contributed by atoms with van der Waals surface area (Å²) in [7, 11) is 0. The van der Waals surface area contributed by atoms with Crippen LogP contribution in [-0.2, 0) is 6.54 Å². The molecule has 0 fully saturated rings. The third kappa shape index (κ3) is 6.75. The molecule has 0 saturated heterocycles. The highest BCUT2D eigenvalue weighted by Gasteiger charge is 2.27. The average Bonchev–Trinajstić information content (AvgIpc) is 2.35. The van der Waals surface area contributed by atoms with Gasteiger partial charge in [0.15, 0.2) is 5.75 Å². The van der Waals surface area contributed by atoms with Crippen molar-refractivity contribution in [2.24, 2.45) is 0 Å². The number of aromatic nitrogens is 2. The largest absolute Gasteiger partial charge is 0.490 e. The van der Waals surface area contributed by atoms with E-state index in [4.69, 9.17) is 4.74 Å². The van der Waals surface area contributed by atoms with Gasteiger partial charge >= 0.3 is 6.18 Å². The molecule has 0 radical (unpaired) electrons. The van der Waals surface area contributed by atoms with Gasteiger partial charge in [-0.15, -0.1) is 0 Å². The van der Waals surface area contributed by atoms with Gasteiger partial charge in [0.05, 0.1) is 24.9 Å². The molecule has 120 valence electrons. The molecule has 7 heteroatoms. The lowest BCUT2D eigenvalue weighted by Gasteiger charge is -2.15. The van der Waals surface area contributed by atoms with Crippen molar-refractivity contribution in [3.8, 4) is 5.75 Å². The average molecular weight is 305 g/mol. The number of halogens is 3. The van der Waals surface area contributed by atoms with E-state index in [2.05, 4.69) is 15.3 Å². The van der Waals surface area contributed by atoms with Crippen molar-refractivity contribution in [3.05, 3.63) is 17.7 Å². The maximum Gasteiger partial charge on any atom is 0.392 e. The second kappa shape index (κ2) is 7.59. The molecule has 0 saturated carbocycles. The van der Waals surface area contributed by atoms with Gasteiger partial charge in [-0.2, -0.15) is 13.2 Å². The van der Waals surface area contributed by atoms with Crippen LogP contribution >= 0.6 is 0 Å². The van der Waals surface area contributed by atoms with E-state index in [9.17, 15) is 13.2 Å². The first kappa shape index (κ1) is 17.7. The molecule has 1 aromatic heterocycles. The van der Waals surface area contributed by atoms with Crippen LogP contribution in [-0.4, -0.2) is 28.8 Å². The van der Waals surface area contributed by atoms with Gasteiger partial charge in [0.25, 0.3) is 0 Å². The van der Waals surface area contributed by atoms with Crippen molar-refractivity contribution in [3.63, 3.8) is 0 Å². The summed E-state index contributed by atoms with van der Waals surface area (Å²) in [5, 5.41) is 3.18. The molecule has 0 unspecified atom stereocenters. The molecular weight excluding hydrogens is 283 g/mol. The molecule has 1 rings (SSSR count). The quantitative estimate of drug-likeness (QED) is 0.838. The van der Waals surface area contributed by atoms with Crippen LogP contribution in [0.25, 0.3) is 0 Å². The van der Waals surface area contributed by atoms with Crippen LogP contribution in [0.3, 0.4) is 0 Å². The molecule has 0 bridgehead atoms. The Morgan fingerprint density at radius 2 is 1.90 bits per heavy atom. The zero-order valence-electron chi connectivity index (χ0n) is 12.8. The highest BCUT2D eigenvalue weighted by atomic mass is 19.4. The molecule has 0 aliphatic rings. The van der Waals surface area contributed by atoms with E-state index in [1.807, 2.05) is 27.7 Å². The second-order valence-electron chi connectivity index (χ2n) is 5.44. The number of ether oxygens (including phenoxy) is 1. The summed E-state index contributed by atoms with van der Waals surface area (Å²) in [6.07, 6.45) is -3.76. The summed E-state index contributed by atoms with van der Waals surface area (Å²) in [5.41, 5.74) is 0.588.